The van der Waals surface area contributed by atoms with Gasteiger partial charge in [0.25, 0.3) is 5.91 Å². The fraction of sp³-hybridized carbons (Fsp3) is 0.217. The van der Waals surface area contributed by atoms with Crippen LogP contribution in [0.4, 0.5) is 5.69 Å². The lowest BCUT2D eigenvalue weighted by atomic mass is 10.1. The van der Waals surface area contributed by atoms with Crippen molar-refractivity contribution in [3.63, 3.8) is 0 Å². The first-order valence-electron chi connectivity index (χ1n) is 9.57. The predicted octanol–water partition coefficient (Wildman–Crippen LogP) is 4.75. The third-order valence-corrected chi connectivity index (χ3v) is 4.43. The maximum atomic E-state index is 12.8. The molecule has 0 fully saturated rings. The van der Waals surface area contributed by atoms with E-state index >= 15 is 0 Å². The highest BCUT2D eigenvalue weighted by Gasteiger charge is 2.21. The maximum Gasteiger partial charge on any atom is 0.338 e. The van der Waals surface area contributed by atoms with E-state index in [9.17, 15) is 9.59 Å². The minimum Gasteiger partial charge on any atom is -0.462 e. The summed E-state index contributed by atoms with van der Waals surface area (Å²) in [5.74, 6) is -0.366. The van der Waals surface area contributed by atoms with Gasteiger partial charge in [-0.1, -0.05) is 35.5 Å². The van der Waals surface area contributed by atoms with Gasteiger partial charge in [0.2, 0.25) is 0 Å². The molecule has 1 heterocycles. The zero-order valence-electron chi connectivity index (χ0n) is 16.6. The van der Waals surface area contributed by atoms with Crippen molar-refractivity contribution in [1.82, 2.24) is 5.16 Å². The van der Waals surface area contributed by atoms with Crippen LogP contribution in [0.25, 0.3) is 11.3 Å². The van der Waals surface area contributed by atoms with Crippen LogP contribution in [-0.4, -0.2) is 23.6 Å². The summed E-state index contributed by atoms with van der Waals surface area (Å²) >= 11 is 0. The molecular weight excluding hydrogens is 382 g/mol. The van der Waals surface area contributed by atoms with E-state index in [-0.39, 0.29) is 12.5 Å². The molecule has 3 rings (SSSR count). The minimum absolute atomic E-state index is 0.272. The monoisotopic (exact) mass is 403 g/mol. The van der Waals surface area contributed by atoms with Gasteiger partial charge < -0.3 is 14.6 Å². The number of hydrogen-bond donors (Lipinski definition) is 1. The first-order chi connectivity index (χ1) is 14.6. The second kappa shape index (κ2) is 10.0. The molecule has 0 unspecified atom stereocenters. The zero-order valence-corrected chi connectivity index (χ0v) is 16.6. The molecule has 2 aromatic carbocycles. The largest absolute Gasteiger partial charge is 0.462 e. The highest BCUT2D eigenvalue weighted by Crippen LogP contribution is 2.26. The molecule has 0 saturated carbocycles. The number of benzene rings is 2. The van der Waals surface area contributed by atoms with Crippen LogP contribution < -0.4 is 5.32 Å². The Morgan fingerprint density at radius 3 is 2.53 bits per heavy atom. The van der Waals surface area contributed by atoms with Crippen molar-refractivity contribution < 1.29 is 18.8 Å². The number of carbonyl (C=O) groups is 2. The molecular formula is C23H21N3O4. The van der Waals surface area contributed by atoms with E-state index in [4.69, 9.17) is 14.5 Å². The van der Waals surface area contributed by atoms with Crippen LogP contribution >= 0.6 is 0 Å². The number of esters is 1. The van der Waals surface area contributed by atoms with Crippen molar-refractivity contribution in [2.24, 2.45) is 0 Å². The third-order valence-electron chi connectivity index (χ3n) is 4.43. The van der Waals surface area contributed by atoms with Crippen molar-refractivity contribution in [3.8, 4) is 17.3 Å². The van der Waals surface area contributed by atoms with Gasteiger partial charge in [0.15, 0.2) is 0 Å². The molecule has 7 nitrogen and oxygen atoms in total. The van der Waals surface area contributed by atoms with Crippen molar-refractivity contribution in [2.45, 2.75) is 26.2 Å². The van der Waals surface area contributed by atoms with E-state index in [0.29, 0.717) is 47.5 Å². The van der Waals surface area contributed by atoms with Crippen LogP contribution in [0, 0.1) is 18.3 Å². The van der Waals surface area contributed by atoms with Crippen LogP contribution in [0.3, 0.4) is 0 Å². The number of unbranched alkanes of at least 4 members (excludes halogenated alkanes) is 2. The Labute approximate surface area is 174 Å². The molecule has 0 aliphatic rings. The lowest BCUT2D eigenvalue weighted by Gasteiger charge is -2.08. The molecule has 0 saturated heterocycles. The summed E-state index contributed by atoms with van der Waals surface area (Å²) in [4.78, 5) is 24.9. The minimum atomic E-state index is -0.439. The van der Waals surface area contributed by atoms with E-state index in [1.54, 1.807) is 31.2 Å². The smallest absolute Gasteiger partial charge is 0.338 e. The van der Waals surface area contributed by atoms with E-state index in [1.807, 2.05) is 30.3 Å². The van der Waals surface area contributed by atoms with Gasteiger partial charge in [-0.05, 0) is 44.0 Å². The number of nitrogens with zero attached hydrogens (tertiary/aromatic N) is 2. The molecule has 0 atom stereocenters. The second-order valence-electron chi connectivity index (χ2n) is 6.61. The second-order valence-corrected chi connectivity index (χ2v) is 6.61. The Bertz CT molecular complexity index is 1050. The zero-order chi connectivity index (χ0) is 21.3. The van der Waals surface area contributed by atoms with E-state index in [0.717, 1.165) is 5.56 Å². The Hall–Kier alpha value is -3.92. The fourth-order valence-electron chi connectivity index (χ4n) is 2.87. The first-order valence-corrected chi connectivity index (χ1v) is 9.57. The fourth-order valence-corrected chi connectivity index (χ4v) is 2.87. The van der Waals surface area contributed by atoms with Crippen LogP contribution in [-0.2, 0) is 4.74 Å². The summed E-state index contributed by atoms with van der Waals surface area (Å²) < 4.78 is 10.4. The molecule has 7 heteroatoms. The van der Waals surface area contributed by atoms with Crippen molar-refractivity contribution in [1.29, 1.82) is 5.26 Å². The highest BCUT2D eigenvalue weighted by atomic mass is 16.5. The molecule has 30 heavy (non-hydrogen) atoms. The van der Waals surface area contributed by atoms with Gasteiger partial charge in [-0.3, -0.25) is 4.79 Å². The number of carbonyl (C=O) groups excluding carboxylic acids is 2. The molecule has 152 valence electrons. The number of rotatable bonds is 8. The van der Waals surface area contributed by atoms with Gasteiger partial charge in [0.05, 0.1) is 18.2 Å². The summed E-state index contributed by atoms with van der Waals surface area (Å²) in [6.07, 6.45) is 1.79. The SMILES string of the molecule is Cc1onc(-c2ccccc2)c1C(=O)Nc1ccc(C(=O)OCCCCC#N)cc1. The average molecular weight is 403 g/mol. The molecule has 1 amide bonds. The molecule has 3 aromatic rings. The number of hydrogen-bond acceptors (Lipinski definition) is 6. The summed E-state index contributed by atoms with van der Waals surface area (Å²) in [6, 6.07) is 17.8. The van der Waals surface area contributed by atoms with Crippen molar-refractivity contribution in [2.75, 3.05) is 11.9 Å². The maximum absolute atomic E-state index is 12.8. The van der Waals surface area contributed by atoms with Gasteiger partial charge in [-0.2, -0.15) is 5.26 Å². The topological polar surface area (TPSA) is 105 Å². The summed E-state index contributed by atoms with van der Waals surface area (Å²) in [6.45, 7) is 1.96. The lowest BCUT2D eigenvalue weighted by molar-refractivity contribution is 0.0498. The van der Waals surface area contributed by atoms with Gasteiger partial charge in [0, 0.05) is 17.7 Å². The molecule has 0 aliphatic carbocycles. The average Bonchev–Trinajstić information content (AvgIpc) is 3.16. The van der Waals surface area contributed by atoms with Gasteiger partial charge in [-0.25, -0.2) is 4.79 Å². The van der Waals surface area contributed by atoms with Crippen LogP contribution in [0.15, 0.2) is 59.1 Å². The highest BCUT2D eigenvalue weighted by molar-refractivity contribution is 6.08. The number of nitrogens with one attached hydrogen (secondary N) is 1. The molecule has 0 spiro atoms. The van der Waals surface area contributed by atoms with E-state index < -0.39 is 5.97 Å². The molecule has 0 bridgehead atoms. The number of amides is 1. The van der Waals surface area contributed by atoms with Gasteiger partial charge in [-0.15, -0.1) is 0 Å². The third kappa shape index (κ3) is 5.11. The normalized spacial score (nSPS) is 10.3. The van der Waals surface area contributed by atoms with Crippen LogP contribution in [0.2, 0.25) is 0 Å². The Morgan fingerprint density at radius 2 is 1.83 bits per heavy atom. The summed E-state index contributed by atoms with van der Waals surface area (Å²) in [7, 11) is 0. The van der Waals surface area contributed by atoms with Gasteiger partial charge in [0.1, 0.15) is 17.0 Å². The summed E-state index contributed by atoms with van der Waals surface area (Å²) in [5.41, 5.74) is 2.54. The molecule has 1 N–H and O–H groups in total. The number of aryl methyl sites for hydroxylation is 1. The molecule has 0 radical (unpaired) electrons. The van der Waals surface area contributed by atoms with Crippen LogP contribution in [0.5, 0.6) is 0 Å². The number of aromatic nitrogens is 1. The van der Waals surface area contributed by atoms with Crippen LogP contribution in [0.1, 0.15) is 45.7 Å². The number of nitriles is 1. The standard InChI is InChI=1S/C23H21N3O4/c1-16-20(21(26-30-16)17-8-4-2-5-9-17)22(27)25-19-12-10-18(11-13-19)23(28)29-15-7-3-6-14-24/h2,4-5,8-13H,3,6-7,15H2,1H3,(H,25,27). The number of anilines is 1. The lowest BCUT2D eigenvalue weighted by Crippen LogP contribution is -2.14. The van der Waals surface area contributed by atoms with Gasteiger partial charge >= 0.3 is 5.97 Å². The molecule has 0 aliphatic heterocycles. The van der Waals surface area contributed by atoms with Crippen molar-refractivity contribution in [3.05, 3.63) is 71.5 Å². The van der Waals surface area contributed by atoms with E-state index in [2.05, 4.69) is 16.5 Å². The van der Waals surface area contributed by atoms with E-state index in [1.165, 1.54) is 0 Å². The van der Waals surface area contributed by atoms with Crippen molar-refractivity contribution >= 4 is 17.6 Å². The number of ether oxygens (including phenoxy) is 1. The molecule has 1 aromatic heterocycles. The Balaban J connectivity index is 1.64. The first kappa shape index (κ1) is 20.8. The quantitative estimate of drug-likeness (QED) is 0.430. The Morgan fingerprint density at radius 1 is 1.10 bits per heavy atom. The summed E-state index contributed by atoms with van der Waals surface area (Å²) in [5, 5.41) is 15.3. The predicted molar refractivity (Wildman–Crippen MR) is 111 cm³/mol. The Kier molecular flexibility index (Phi) is 6.95.